The van der Waals surface area contributed by atoms with Crippen LogP contribution in [0.3, 0.4) is 0 Å². The van der Waals surface area contributed by atoms with Gasteiger partial charge in [0.2, 0.25) is 0 Å². The summed E-state index contributed by atoms with van der Waals surface area (Å²) in [5.74, 6) is 0. The van der Waals surface area contributed by atoms with Crippen molar-refractivity contribution in [3.63, 3.8) is 0 Å². The minimum Gasteiger partial charge on any atom is -0.380 e. The van der Waals surface area contributed by atoms with Gasteiger partial charge in [0.1, 0.15) is 0 Å². The Balaban J connectivity index is 2.10. The molecule has 0 aliphatic carbocycles. The van der Waals surface area contributed by atoms with Gasteiger partial charge >= 0.3 is 0 Å². The maximum Gasteiger partial charge on any atom is 0.192 e. The minimum atomic E-state index is -3.28. The lowest BCUT2D eigenvalue weighted by atomic mass is 10.1. The number of benzene rings is 1. The van der Waals surface area contributed by atoms with E-state index < -0.39 is 9.84 Å². The van der Waals surface area contributed by atoms with Crippen molar-refractivity contribution in [3.05, 3.63) is 53.7 Å². The first-order valence-electron chi connectivity index (χ1n) is 5.88. The molecular weight excluding hydrogens is 274 g/mol. The van der Waals surface area contributed by atoms with Crippen LogP contribution in [0, 0.1) is 11.3 Å². The zero-order chi connectivity index (χ0) is 14.6. The van der Waals surface area contributed by atoms with E-state index in [1.54, 1.807) is 12.1 Å². The molecule has 0 amide bonds. The first-order chi connectivity index (χ1) is 9.50. The number of aromatic nitrogens is 1. The Morgan fingerprint density at radius 2 is 2.00 bits per heavy atom. The number of nitrogens with one attached hydrogen (secondary N) is 1. The molecule has 0 saturated carbocycles. The Labute approximate surface area is 117 Å². The molecule has 0 saturated heterocycles. The van der Waals surface area contributed by atoms with Crippen molar-refractivity contribution in [2.24, 2.45) is 0 Å². The molecular formula is C14H13N3O2S. The Kier molecular flexibility index (Phi) is 4.01. The van der Waals surface area contributed by atoms with Crippen molar-refractivity contribution in [2.75, 3.05) is 11.6 Å². The van der Waals surface area contributed by atoms with E-state index in [9.17, 15) is 8.42 Å². The lowest BCUT2D eigenvalue weighted by Crippen LogP contribution is -2.04. The summed E-state index contributed by atoms with van der Waals surface area (Å²) >= 11 is 0. The van der Waals surface area contributed by atoms with Crippen LogP contribution in [0.1, 0.15) is 11.1 Å². The van der Waals surface area contributed by atoms with Gasteiger partial charge in [-0.2, -0.15) is 5.26 Å². The van der Waals surface area contributed by atoms with E-state index in [1.165, 1.54) is 12.3 Å². The summed E-state index contributed by atoms with van der Waals surface area (Å²) in [4.78, 5) is 3.89. The molecule has 5 nitrogen and oxygen atoms in total. The standard InChI is InChI=1S/C14H13N3O2S/c1-20(18,19)14-7-6-13(10-17-14)16-9-12-5-3-2-4-11(12)8-15/h2-7,10,16H,9H2,1H3. The molecule has 0 unspecified atom stereocenters. The van der Waals surface area contributed by atoms with Crippen molar-refractivity contribution in [3.8, 4) is 6.07 Å². The summed E-state index contributed by atoms with van der Waals surface area (Å²) in [6.07, 6.45) is 2.58. The predicted octanol–water partition coefficient (Wildman–Crippen LogP) is 1.97. The quantitative estimate of drug-likeness (QED) is 0.929. The molecule has 0 bridgehead atoms. The summed E-state index contributed by atoms with van der Waals surface area (Å²) in [5, 5.41) is 12.1. The molecule has 1 aromatic carbocycles. The lowest BCUT2D eigenvalue weighted by Gasteiger charge is -2.08. The zero-order valence-corrected chi connectivity index (χ0v) is 11.7. The number of nitrogens with zero attached hydrogens (tertiary/aromatic N) is 2. The first-order valence-corrected chi connectivity index (χ1v) is 7.78. The second-order valence-electron chi connectivity index (χ2n) is 4.28. The molecule has 0 aliphatic rings. The molecule has 20 heavy (non-hydrogen) atoms. The van der Waals surface area contributed by atoms with E-state index in [1.807, 2.05) is 18.2 Å². The highest BCUT2D eigenvalue weighted by molar-refractivity contribution is 7.90. The van der Waals surface area contributed by atoms with Crippen LogP contribution >= 0.6 is 0 Å². The smallest absolute Gasteiger partial charge is 0.192 e. The molecule has 1 N–H and O–H groups in total. The fourth-order valence-electron chi connectivity index (χ4n) is 1.69. The molecule has 1 aromatic heterocycles. The van der Waals surface area contributed by atoms with Gasteiger partial charge in [0, 0.05) is 12.8 Å². The van der Waals surface area contributed by atoms with Crippen molar-refractivity contribution in [2.45, 2.75) is 11.6 Å². The van der Waals surface area contributed by atoms with Gasteiger partial charge < -0.3 is 5.32 Å². The second-order valence-corrected chi connectivity index (χ2v) is 6.24. The second kappa shape index (κ2) is 5.72. The molecule has 0 spiro atoms. The zero-order valence-electron chi connectivity index (χ0n) is 10.9. The summed E-state index contributed by atoms with van der Waals surface area (Å²) in [7, 11) is -3.28. The maximum atomic E-state index is 11.3. The summed E-state index contributed by atoms with van der Waals surface area (Å²) in [5.41, 5.74) is 2.19. The number of nitriles is 1. The van der Waals surface area contributed by atoms with Gasteiger partial charge in [0.25, 0.3) is 0 Å². The molecule has 102 valence electrons. The third kappa shape index (κ3) is 3.33. The fraction of sp³-hybridized carbons (Fsp3) is 0.143. The summed E-state index contributed by atoms with van der Waals surface area (Å²) < 4.78 is 22.6. The highest BCUT2D eigenvalue weighted by Crippen LogP contribution is 2.13. The van der Waals surface area contributed by atoms with Crippen molar-refractivity contribution in [1.29, 1.82) is 5.26 Å². The van der Waals surface area contributed by atoms with E-state index in [4.69, 9.17) is 5.26 Å². The molecule has 2 rings (SSSR count). The van der Waals surface area contributed by atoms with Gasteiger partial charge in [-0.15, -0.1) is 0 Å². The largest absolute Gasteiger partial charge is 0.380 e. The number of pyridine rings is 1. The third-order valence-electron chi connectivity index (χ3n) is 2.74. The highest BCUT2D eigenvalue weighted by atomic mass is 32.2. The first kappa shape index (κ1) is 14.0. The van der Waals surface area contributed by atoms with Gasteiger partial charge in [0.05, 0.1) is 23.5 Å². The van der Waals surface area contributed by atoms with Crippen LogP contribution in [-0.2, 0) is 16.4 Å². The van der Waals surface area contributed by atoms with Crippen LogP contribution in [0.25, 0.3) is 0 Å². The van der Waals surface area contributed by atoms with Gasteiger partial charge in [-0.1, -0.05) is 18.2 Å². The number of sulfone groups is 1. The van der Waals surface area contributed by atoms with Crippen molar-refractivity contribution in [1.82, 2.24) is 4.98 Å². The molecule has 0 radical (unpaired) electrons. The Bertz CT molecular complexity index is 747. The van der Waals surface area contributed by atoms with Crippen LogP contribution in [0.2, 0.25) is 0 Å². The lowest BCUT2D eigenvalue weighted by molar-refractivity contribution is 0.598. The van der Waals surface area contributed by atoms with E-state index in [-0.39, 0.29) is 5.03 Å². The van der Waals surface area contributed by atoms with Crippen LogP contribution in [0.4, 0.5) is 5.69 Å². The Morgan fingerprint density at radius 3 is 2.60 bits per heavy atom. The monoisotopic (exact) mass is 287 g/mol. The SMILES string of the molecule is CS(=O)(=O)c1ccc(NCc2ccccc2C#N)cn1. The number of rotatable bonds is 4. The Hall–Kier alpha value is -2.39. The fourth-order valence-corrected chi connectivity index (χ4v) is 2.24. The minimum absolute atomic E-state index is 0.0421. The van der Waals surface area contributed by atoms with E-state index in [2.05, 4.69) is 16.4 Å². The van der Waals surface area contributed by atoms with Crippen LogP contribution in [0.5, 0.6) is 0 Å². The van der Waals surface area contributed by atoms with Crippen LogP contribution in [-0.4, -0.2) is 19.7 Å². The summed E-state index contributed by atoms with van der Waals surface area (Å²) in [6.45, 7) is 0.476. The third-order valence-corrected chi connectivity index (χ3v) is 3.74. The van der Waals surface area contributed by atoms with Gasteiger partial charge in [-0.3, -0.25) is 0 Å². The Morgan fingerprint density at radius 1 is 1.25 bits per heavy atom. The average molecular weight is 287 g/mol. The van der Waals surface area contributed by atoms with Gasteiger partial charge in [0.15, 0.2) is 14.9 Å². The molecule has 2 aromatic rings. The van der Waals surface area contributed by atoms with Gasteiger partial charge in [-0.05, 0) is 23.8 Å². The molecule has 0 atom stereocenters. The molecule has 0 fully saturated rings. The number of hydrogen-bond donors (Lipinski definition) is 1. The van der Waals surface area contributed by atoms with Crippen LogP contribution in [0.15, 0.2) is 47.6 Å². The van der Waals surface area contributed by atoms with Crippen molar-refractivity contribution < 1.29 is 8.42 Å². The predicted molar refractivity (Wildman–Crippen MR) is 75.8 cm³/mol. The van der Waals surface area contributed by atoms with E-state index >= 15 is 0 Å². The molecule has 0 aliphatic heterocycles. The van der Waals surface area contributed by atoms with E-state index in [0.717, 1.165) is 11.8 Å². The normalized spacial score (nSPS) is 10.8. The van der Waals surface area contributed by atoms with E-state index in [0.29, 0.717) is 17.8 Å². The van der Waals surface area contributed by atoms with Crippen molar-refractivity contribution >= 4 is 15.5 Å². The molecule has 6 heteroatoms. The van der Waals surface area contributed by atoms with Crippen LogP contribution < -0.4 is 5.32 Å². The number of anilines is 1. The molecule has 1 heterocycles. The number of hydrogen-bond acceptors (Lipinski definition) is 5. The highest BCUT2D eigenvalue weighted by Gasteiger charge is 2.08. The topological polar surface area (TPSA) is 82.9 Å². The average Bonchev–Trinajstić information content (AvgIpc) is 2.45. The summed E-state index contributed by atoms with van der Waals surface area (Å²) in [6, 6.07) is 12.5. The van der Waals surface area contributed by atoms with Gasteiger partial charge in [-0.25, -0.2) is 13.4 Å². The maximum absolute atomic E-state index is 11.3.